The fourth-order valence-electron chi connectivity index (χ4n) is 3.42. The number of hydrogen-bond acceptors (Lipinski definition) is 3. The van der Waals surface area contributed by atoms with Crippen LogP contribution in [0.25, 0.3) is 0 Å². The summed E-state index contributed by atoms with van der Waals surface area (Å²) in [4.78, 5) is 14.5. The van der Waals surface area contributed by atoms with Gasteiger partial charge in [-0.15, -0.1) is 0 Å². The number of aliphatic hydroxyl groups is 1. The first-order valence-electron chi connectivity index (χ1n) is 7.19. The lowest BCUT2D eigenvalue weighted by atomic mass is 9.76. The van der Waals surface area contributed by atoms with Crippen molar-refractivity contribution in [3.63, 3.8) is 0 Å². The van der Waals surface area contributed by atoms with Gasteiger partial charge in [-0.3, -0.25) is 4.79 Å². The molecule has 4 heteroatoms. The standard InChI is InChI=1S/C14H26N2O2/c1-10-4-3-6-14(15,8-10)13(18)16-7-5-12(17)11(2)9-16/h10-12,17H,3-9,15H2,1-2H3. The molecule has 1 saturated heterocycles. The molecule has 1 amide bonds. The number of hydrogen-bond donors (Lipinski definition) is 2. The molecule has 0 bridgehead atoms. The van der Waals surface area contributed by atoms with Gasteiger partial charge in [0.05, 0.1) is 11.6 Å². The van der Waals surface area contributed by atoms with Crippen molar-refractivity contribution in [1.29, 1.82) is 0 Å². The van der Waals surface area contributed by atoms with Crippen LogP contribution < -0.4 is 5.73 Å². The third kappa shape index (κ3) is 2.69. The smallest absolute Gasteiger partial charge is 0.242 e. The molecule has 1 aliphatic carbocycles. The van der Waals surface area contributed by atoms with Gasteiger partial charge >= 0.3 is 0 Å². The maximum Gasteiger partial charge on any atom is 0.242 e. The monoisotopic (exact) mass is 254 g/mol. The lowest BCUT2D eigenvalue weighted by Crippen LogP contribution is -2.59. The Bertz CT molecular complexity index is 321. The van der Waals surface area contributed by atoms with Gasteiger partial charge in [-0.25, -0.2) is 0 Å². The van der Waals surface area contributed by atoms with E-state index in [0.717, 1.165) is 19.3 Å². The van der Waals surface area contributed by atoms with Gasteiger partial charge in [-0.05, 0) is 31.1 Å². The van der Waals surface area contributed by atoms with Crippen LogP contribution in [0.5, 0.6) is 0 Å². The van der Waals surface area contributed by atoms with Gasteiger partial charge in [0, 0.05) is 13.1 Å². The highest BCUT2D eigenvalue weighted by Gasteiger charge is 2.42. The summed E-state index contributed by atoms with van der Waals surface area (Å²) in [6.07, 6.45) is 4.26. The summed E-state index contributed by atoms with van der Waals surface area (Å²) in [5.74, 6) is 0.806. The van der Waals surface area contributed by atoms with E-state index in [-0.39, 0.29) is 17.9 Å². The van der Waals surface area contributed by atoms with Crippen LogP contribution in [0.1, 0.15) is 46.0 Å². The summed E-state index contributed by atoms with van der Waals surface area (Å²) >= 11 is 0. The van der Waals surface area contributed by atoms with Crippen molar-refractivity contribution < 1.29 is 9.90 Å². The van der Waals surface area contributed by atoms with Gasteiger partial charge < -0.3 is 15.7 Å². The fourth-order valence-corrected chi connectivity index (χ4v) is 3.42. The Hall–Kier alpha value is -0.610. The molecule has 2 aliphatic rings. The number of aliphatic hydroxyl groups excluding tert-OH is 1. The number of likely N-dealkylation sites (tertiary alicyclic amines) is 1. The summed E-state index contributed by atoms with van der Waals surface area (Å²) in [7, 11) is 0. The highest BCUT2D eigenvalue weighted by atomic mass is 16.3. The van der Waals surface area contributed by atoms with Gasteiger partial charge in [0.15, 0.2) is 0 Å². The van der Waals surface area contributed by atoms with E-state index in [1.807, 2.05) is 11.8 Å². The predicted molar refractivity (Wildman–Crippen MR) is 70.9 cm³/mol. The third-order valence-electron chi connectivity index (χ3n) is 4.61. The molecule has 1 aliphatic heterocycles. The first-order chi connectivity index (χ1) is 8.42. The number of carbonyl (C=O) groups is 1. The van der Waals surface area contributed by atoms with E-state index in [1.54, 1.807) is 0 Å². The van der Waals surface area contributed by atoms with Gasteiger partial charge in [-0.1, -0.05) is 26.7 Å². The van der Waals surface area contributed by atoms with Crippen LogP contribution in [0.4, 0.5) is 0 Å². The Kier molecular flexibility index (Phi) is 3.97. The number of rotatable bonds is 1. The molecule has 0 spiro atoms. The average molecular weight is 254 g/mol. The number of nitrogens with zero attached hydrogens (tertiary/aromatic N) is 1. The van der Waals surface area contributed by atoms with Crippen LogP contribution in [-0.4, -0.2) is 40.6 Å². The zero-order valence-corrected chi connectivity index (χ0v) is 11.6. The molecule has 104 valence electrons. The topological polar surface area (TPSA) is 66.6 Å². The minimum absolute atomic E-state index is 0.104. The fraction of sp³-hybridized carbons (Fsp3) is 0.929. The van der Waals surface area contributed by atoms with Crippen LogP contribution in [0.15, 0.2) is 0 Å². The zero-order chi connectivity index (χ0) is 13.3. The number of carbonyl (C=O) groups excluding carboxylic acids is 1. The lowest BCUT2D eigenvalue weighted by Gasteiger charge is -2.42. The minimum atomic E-state index is -0.653. The Morgan fingerprint density at radius 3 is 2.72 bits per heavy atom. The van der Waals surface area contributed by atoms with Crippen LogP contribution in [-0.2, 0) is 4.79 Å². The van der Waals surface area contributed by atoms with Crippen molar-refractivity contribution in [2.45, 2.75) is 57.6 Å². The SMILES string of the molecule is CC1CCCC(N)(C(=O)N2CCC(O)C(C)C2)C1. The molecular formula is C14H26N2O2. The normalized spacial score (nSPS) is 41.8. The summed E-state index contributed by atoms with van der Waals surface area (Å²) in [6, 6.07) is 0. The Labute approximate surface area is 110 Å². The van der Waals surface area contributed by atoms with Crippen LogP contribution in [0.3, 0.4) is 0 Å². The van der Waals surface area contributed by atoms with Gasteiger partial charge in [0.2, 0.25) is 5.91 Å². The van der Waals surface area contributed by atoms with Crippen LogP contribution in [0.2, 0.25) is 0 Å². The molecule has 18 heavy (non-hydrogen) atoms. The molecule has 0 radical (unpaired) electrons. The van der Waals surface area contributed by atoms with Gasteiger partial charge in [0.1, 0.15) is 0 Å². The highest BCUT2D eigenvalue weighted by Crippen LogP contribution is 2.32. The molecule has 0 aromatic heterocycles. The highest BCUT2D eigenvalue weighted by molar-refractivity contribution is 5.86. The molecule has 0 aromatic carbocycles. The minimum Gasteiger partial charge on any atom is -0.393 e. The largest absolute Gasteiger partial charge is 0.393 e. The molecule has 3 N–H and O–H groups in total. The molecule has 0 aromatic rings. The number of amides is 1. The van der Waals surface area contributed by atoms with E-state index in [4.69, 9.17) is 5.73 Å². The third-order valence-corrected chi connectivity index (χ3v) is 4.61. The Morgan fingerprint density at radius 1 is 1.39 bits per heavy atom. The zero-order valence-electron chi connectivity index (χ0n) is 11.6. The molecule has 2 rings (SSSR count). The first kappa shape index (κ1) is 13.8. The lowest BCUT2D eigenvalue weighted by molar-refractivity contribution is -0.142. The van der Waals surface area contributed by atoms with Crippen molar-refractivity contribution in [2.75, 3.05) is 13.1 Å². The molecule has 4 unspecified atom stereocenters. The van der Waals surface area contributed by atoms with Crippen molar-refractivity contribution in [1.82, 2.24) is 4.90 Å². The number of nitrogens with two attached hydrogens (primary N) is 1. The van der Waals surface area contributed by atoms with E-state index < -0.39 is 5.54 Å². The second kappa shape index (κ2) is 5.17. The first-order valence-corrected chi connectivity index (χ1v) is 7.19. The van der Waals surface area contributed by atoms with Crippen LogP contribution >= 0.6 is 0 Å². The van der Waals surface area contributed by atoms with E-state index in [0.29, 0.717) is 25.4 Å². The van der Waals surface area contributed by atoms with Crippen LogP contribution in [0, 0.1) is 11.8 Å². The van der Waals surface area contributed by atoms with Gasteiger partial charge in [-0.2, -0.15) is 0 Å². The number of piperidine rings is 1. The van der Waals surface area contributed by atoms with Crippen molar-refractivity contribution in [2.24, 2.45) is 17.6 Å². The summed E-state index contributed by atoms with van der Waals surface area (Å²) in [6.45, 7) is 5.47. The quantitative estimate of drug-likeness (QED) is 0.737. The maximum atomic E-state index is 12.6. The molecule has 1 heterocycles. The predicted octanol–water partition coefficient (Wildman–Crippen LogP) is 1.12. The molecule has 1 saturated carbocycles. The maximum absolute atomic E-state index is 12.6. The average Bonchev–Trinajstić information content (AvgIpc) is 2.31. The van der Waals surface area contributed by atoms with E-state index in [1.165, 1.54) is 6.42 Å². The Morgan fingerprint density at radius 2 is 2.11 bits per heavy atom. The Balaban J connectivity index is 2.02. The van der Waals surface area contributed by atoms with E-state index in [2.05, 4.69) is 6.92 Å². The molecule has 4 atom stereocenters. The summed E-state index contributed by atoms with van der Waals surface area (Å²) < 4.78 is 0. The van der Waals surface area contributed by atoms with Gasteiger partial charge in [0.25, 0.3) is 0 Å². The van der Waals surface area contributed by atoms with Crippen molar-refractivity contribution in [3.8, 4) is 0 Å². The van der Waals surface area contributed by atoms with Crippen molar-refractivity contribution >= 4 is 5.91 Å². The van der Waals surface area contributed by atoms with E-state index >= 15 is 0 Å². The molecular weight excluding hydrogens is 228 g/mol. The van der Waals surface area contributed by atoms with Crippen molar-refractivity contribution in [3.05, 3.63) is 0 Å². The summed E-state index contributed by atoms with van der Waals surface area (Å²) in [5, 5.41) is 9.72. The second-order valence-electron chi connectivity index (χ2n) is 6.44. The van der Waals surface area contributed by atoms with E-state index in [9.17, 15) is 9.90 Å². The molecule has 2 fully saturated rings. The molecule has 4 nitrogen and oxygen atoms in total. The second-order valence-corrected chi connectivity index (χ2v) is 6.44. The summed E-state index contributed by atoms with van der Waals surface area (Å²) in [5.41, 5.74) is 5.70.